The van der Waals surface area contributed by atoms with E-state index in [-0.39, 0.29) is 79.8 Å². The summed E-state index contributed by atoms with van der Waals surface area (Å²) < 4.78 is 68.4. The van der Waals surface area contributed by atoms with E-state index in [1.54, 1.807) is 17.6 Å². The van der Waals surface area contributed by atoms with E-state index in [0.717, 1.165) is 0 Å². The molecule has 228 valence electrons. The van der Waals surface area contributed by atoms with Gasteiger partial charge in [-0.3, -0.25) is 0 Å². The average molecular weight is 1090 g/mol. The summed E-state index contributed by atoms with van der Waals surface area (Å²) >= 11 is 11.2. The van der Waals surface area contributed by atoms with Crippen molar-refractivity contribution in [2.24, 2.45) is 0 Å². The zero-order valence-corrected chi connectivity index (χ0v) is 34.3. The van der Waals surface area contributed by atoms with Crippen molar-refractivity contribution in [1.29, 1.82) is 0 Å². The van der Waals surface area contributed by atoms with Gasteiger partial charge < -0.3 is 4.55 Å². The second-order valence-electron chi connectivity index (χ2n) is 6.80. The number of hydrogen-bond donors (Lipinski definition) is 0. The zero-order chi connectivity index (χ0) is 29.6. The van der Waals surface area contributed by atoms with Gasteiger partial charge in [0.1, 0.15) is 0 Å². The third-order valence-corrected chi connectivity index (χ3v) is 22.5. The average Bonchev–Trinajstić information content (AvgIpc) is 3.76. The first-order valence-electron chi connectivity index (χ1n) is 10.9. The van der Waals surface area contributed by atoms with Crippen LogP contribution in [0, 0.1) is 0 Å². The number of rotatable bonds is 6. The SMILES string of the molecule is O=S(=O)([O-])C(F)(F)F.[Cu+].c1csc([Te]c2cccs2)c1.c1csc([Te]c2cccs2)c1.c1csc([Te]c2cccs2)c1. The fourth-order valence-corrected chi connectivity index (χ4v) is 19.4. The van der Waals surface area contributed by atoms with E-state index < -0.39 is 15.6 Å². The van der Waals surface area contributed by atoms with Crippen molar-refractivity contribution in [2.45, 2.75) is 5.51 Å². The van der Waals surface area contributed by atoms with Crippen LogP contribution in [-0.4, -0.2) is 81.2 Å². The van der Waals surface area contributed by atoms with Crippen molar-refractivity contribution in [3.63, 3.8) is 0 Å². The number of halogens is 3. The van der Waals surface area contributed by atoms with Crippen LogP contribution < -0.4 is 17.6 Å². The second kappa shape index (κ2) is 20.8. The molecule has 6 rings (SSSR count). The molecule has 0 bridgehead atoms. The van der Waals surface area contributed by atoms with Crippen LogP contribution in [0.5, 0.6) is 0 Å². The van der Waals surface area contributed by atoms with Crippen molar-refractivity contribution in [3.8, 4) is 0 Å². The topological polar surface area (TPSA) is 57.2 Å². The summed E-state index contributed by atoms with van der Waals surface area (Å²) in [4.78, 5) is 0. The van der Waals surface area contributed by atoms with Gasteiger partial charge in [0, 0.05) is 0 Å². The summed E-state index contributed by atoms with van der Waals surface area (Å²) in [5, 5.41) is 13.0. The first kappa shape index (κ1) is 39.0. The van der Waals surface area contributed by atoms with Gasteiger partial charge in [0.25, 0.3) is 0 Å². The Labute approximate surface area is 307 Å². The number of alkyl halides is 3. The van der Waals surface area contributed by atoms with Crippen LogP contribution >= 0.6 is 68.0 Å². The second-order valence-corrected chi connectivity index (χ2v) is 28.0. The Morgan fingerprint density at radius 1 is 0.500 bits per heavy atom. The Bertz CT molecular complexity index is 1300. The predicted octanol–water partition coefficient (Wildman–Crippen LogP) is 4.44. The molecule has 3 nitrogen and oxygen atoms in total. The van der Waals surface area contributed by atoms with Crippen molar-refractivity contribution >= 4 is 158 Å². The molecule has 0 unspecified atom stereocenters. The molecule has 42 heavy (non-hydrogen) atoms. The summed E-state index contributed by atoms with van der Waals surface area (Å²) in [6, 6.07) is 26.3. The molecular formula is C25H18CuF3O3S7Te3. The standard InChI is InChI=1S/3C8H6S2Te.CHF3O3S.Cu/c3*1-3-7(9-5-1)11-8-4-2-6-10-8;2-1(3,4)8(5,6)7;/h3*1-6H;(H,5,6,7);/q;;;;+1/p-1. The van der Waals surface area contributed by atoms with Crippen molar-refractivity contribution in [2.75, 3.05) is 0 Å². The van der Waals surface area contributed by atoms with Gasteiger partial charge in [-0.1, -0.05) is 0 Å². The molecule has 0 aliphatic heterocycles. The van der Waals surface area contributed by atoms with E-state index >= 15 is 0 Å². The first-order valence-corrected chi connectivity index (χ1v) is 24.5. The third kappa shape index (κ3) is 15.9. The fraction of sp³-hybridized carbons (Fsp3) is 0.0400. The van der Waals surface area contributed by atoms with Gasteiger partial charge in [0.15, 0.2) is 10.1 Å². The van der Waals surface area contributed by atoms with Crippen LogP contribution in [0.15, 0.2) is 105 Å². The monoisotopic (exact) mass is 1100 g/mol. The van der Waals surface area contributed by atoms with Crippen LogP contribution in [0.3, 0.4) is 0 Å². The Morgan fingerprint density at radius 2 is 0.667 bits per heavy atom. The molecule has 0 N–H and O–H groups in total. The van der Waals surface area contributed by atoms with Crippen LogP contribution in [0.4, 0.5) is 13.2 Å². The number of thiophene rings is 6. The first-order chi connectivity index (χ1) is 19.6. The molecule has 6 aromatic heterocycles. The van der Waals surface area contributed by atoms with Crippen LogP contribution in [0.2, 0.25) is 0 Å². The number of hydrogen-bond acceptors (Lipinski definition) is 9. The minimum atomic E-state index is -6.09. The minimum absolute atomic E-state index is 0. The Balaban J connectivity index is 0.000000196. The van der Waals surface area contributed by atoms with E-state index in [9.17, 15) is 13.2 Å². The molecule has 17 heteroatoms. The molecule has 0 spiro atoms. The van der Waals surface area contributed by atoms with Gasteiger partial charge >= 0.3 is 276 Å². The van der Waals surface area contributed by atoms with Crippen LogP contribution in [-0.2, 0) is 27.2 Å². The molecule has 0 fully saturated rings. The molecule has 0 atom stereocenters. The van der Waals surface area contributed by atoms with E-state index in [4.69, 9.17) is 13.0 Å². The summed E-state index contributed by atoms with van der Waals surface area (Å²) in [7, 11) is -6.09. The molecule has 0 aromatic carbocycles. The molecule has 0 aliphatic carbocycles. The fourth-order valence-electron chi connectivity index (χ4n) is 2.23. The van der Waals surface area contributed by atoms with Crippen molar-refractivity contribution in [3.05, 3.63) is 105 Å². The van der Waals surface area contributed by atoms with Gasteiger partial charge in [0.2, 0.25) is 0 Å². The van der Waals surface area contributed by atoms with Crippen molar-refractivity contribution < 1.29 is 43.2 Å². The maximum absolute atomic E-state index is 10.7. The van der Waals surface area contributed by atoms with Gasteiger partial charge in [-0.05, 0) is 0 Å². The van der Waals surface area contributed by atoms with E-state index in [0.29, 0.717) is 0 Å². The maximum atomic E-state index is 10.7. The summed E-state index contributed by atoms with van der Waals surface area (Å²) in [6.07, 6.45) is 0. The summed E-state index contributed by atoms with van der Waals surface area (Å²) in [6.45, 7) is 0. The summed E-state index contributed by atoms with van der Waals surface area (Å²) in [5.74, 6) is 0. The van der Waals surface area contributed by atoms with Crippen LogP contribution in [0.1, 0.15) is 0 Å². The molecule has 0 saturated heterocycles. The van der Waals surface area contributed by atoms with Gasteiger partial charge in [-0.15, -0.1) is 0 Å². The molecule has 0 aliphatic rings. The molecule has 0 amide bonds. The van der Waals surface area contributed by atoms with Gasteiger partial charge in [-0.2, -0.15) is 13.2 Å². The molecule has 6 aromatic rings. The Morgan fingerprint density at radius 3 is 0.762 bits per heavy atom. The normalized spacial score (nSPS) is 10.7. The van der Waals surface area contributed by atoms with E-state index in [1.807, 2.05) is 68.0 Å². The zero-order valence-electron chi connectivity index (χ0n) is 20.6. The Kier molecular flexibility index (Phi) is 19.3. The van der Waals surface area contributed by atoms with E-state index in [1.165, 1.54) is 0 Å². The summed E-state index contributed by atoms with van der Waals surface area (Å²) in [5.41, 5.74) is -5.65. The third-order valence-electron chi connectivity index (χ3n) is 3.86. The molecular weight excluding hydrogens is 1080 g/mol. The Hall–Kier alpha value is 0.788. The van der Waals surface area contributed by atoms with Crippen molar-refractivity contribution in [1.82, 2.24) is 0 Å². The van der Waals surface area contributed by atoms with E-state index in [2.05, 4.69) is 105 Å². The van der Waals surface area contributed by atoms with Gasteiger partial charge in [-0.25, -0.2) is 8.42 Å². The van der Waals surface area contributed by atoms with Crippen LogP contribution in [0.25, 0.3) is 0 Å². The van der Waals surface area contributed by atoms with Gasteiger partial charge in [0.05, 0.1) is 0 Å². The molecule has 6 heterocycles. The predicted molar refractivity (Wildman–Crippen MR) is 177 cm³/mol. The molecule has 0 radical (unpaired) electrons. The quantitative estimate of drug-likeness (QED) is 0.141. The molecule has 0 saturated carbocycles.